The van der Waals surface area contributed by atoms with Gasteiger partial charge in [-0.25, -0.2) is 14.4 Å². The number of rotatable bonds is 4. The number of alkyl halides is 1. The Balaban J connectivity index is 1.34. The molecule has 4 heterocycles. The van der Waals surface area contributed by atoms with E-state index in [-0.39, 0.29) is 17.3 Å². The molecule has 162 valence electrons. The van der Waals surface area contributed by atoms with E-state index in [1.165, 1.54) is 6.20 Å². The Bertz CT molecular complexity index is 1080. The van der Waals surface area contributed by atoms with Crippen molar-refractivity contribution < 1.29 is 14.2 Å². The van der Waals surface area contributed by atoms with E-state index in [0.29, 0.717) is 17.7 Å². The number of hydrogen-bond donors (Lipinski definition) is 2. The van der Waals surface area contributed by atoms with Gasteiger partial charge in [0.05, 0.1) is 23.8 Å². The summed E-state index contributed by atoms with van der Waals surface area (Å²) in [6.45, 7) is 4.04. The van der Waals surface area contributed by atoms with Crippen LogP contribution in [0.2, 0.25) is 0 Å². The molecule has 0 spiro atoms. The molecular formula is C22H25FN6O2. The van der Waals surface area contributed by atoms with Crippen molar-refractivity contribution in [3.63, 3.8) is 0 Å². The molecule has 9 heteroatoms. The first kappa shape index (κ1) is 19.9. The van der Waals surface area contributed by atoms with Crippen molar-refractivity contribution in [3.05, 3.63) is 43.1 Å². The zero-order valence-electron chi connectivity index (χ0n) is 17.5. The summed E-state index contributed by atoms with van der Waals surface area (Å²) in [5, 5.41) is 22.1. The maximum atomic E-state index is 15.2. The monoisotopic (exact) mass is 424 g/mol. The first-order chi connectivity index (χ1) is 14.9. The third-order valence-electron chi connectivity index (χ3n) is 6.46. The number of aromatic nitrogens is 5. The second kappa shape index (κ2) is 7.26. The van der Waals surface area contributed by atoms with Gasteiger partial charge in [-0.05, 0) is 45.2 Å². The highest BCUT2D eigenvalue weighted by Crippen LogP contribution is 2.42. The molecule has 2 saturated heterocycles. The molecule has 0 radical (unpaired) electrons. The summed E-state index contributed by atoms with van der Waals surface area (Å²) in [6, 6.07) is 5.24. The Labute approximate surface area is 179 Å². The lowest BCUT2D eigenvalue weighted by molar-refractivity contribution is -0.0641. The number of aromatic hydroxyl groups is 1. The van der Waals surface area contributed by atoms with E-state index in [1.54, 1.807) is 35.4 Å². The maximum Gasteiger partial charge on any atom is 0.336 e. The molecule has 0 unspecified atom stereocenters. The summed E-state index contributed by atoms with van der Waals surface area (Å²) in [4.78, 5) is 8.23. The van der Waals surface area contributed by atoms with Gasteiger partial charge in [-0.3, -0.25) is 0 Å². The summed E-state index contributed by atoms with van der Waals surface area (Å²) in [7, 11) is 0. The van der Waals surface area contributed by atoms with Gasteiger partial charge in [-0.2, -0.15) is 0 Å². The third kappa shape index (κ3) is 3.63. The molecule has 2 bridgehead atoms. The van der Waals surface area contributed by atoms with Gasteiger partial charge in [0.1, 0.15) is 17.5 Å². The average Bonchev–Trinajstić information content (AvgIpc) is 3.27. The molecule has 2 aliphatic rings. The van der Waals surface area contributed by atoms with Crippen LogP contribution in [-0.4, -0.2) is 53.2 Å². The van der Waals surface area contributed by atoms with E-state index >= 15 is 4.39 Å². The van der Waals surface area contributed by atoms with Crippen LogP contribution >= 0.6 is 0 Å². The van der Waals surface area contributed by atoms with Crippen molar-refractivity contribution in [2.45, 2.75) is 62.9 Å². The third-order valence-corrected chi connectivity index (χ3v) is 6.46. The Morgan fingerprint density at radius 1 is 1.26 bits per heavy atom. The van der Waals surface area contributed by atoms with Crippen LogP contribution in [0.15, 0.2) is 43.1 Å². The Morgan fingerprint density at radius 2 is 2.13 bits per heavy atom. The van der Waals surface area contributed by atoms with E-state index in [1.807, 2.05) is 13.0 Å². The van der Waals surface area contributed by atoms with Crippen LogP contribution in [-0.2, 0) is 0 Å². The highest BCUT2D eigenvalue weighted by molar-refractivity contribution is 5.67. The van der Waals surface area contributed by atoms with Crippen LogP contribution in [0.1, 0.15) is 39.5 Å². The first-order valence-corrected chi connectivity index (χ1v) is 10.5. The fourth-order valence-corrected chi connectivity index (χ4v) is 4.97. The van der Waals surface area contributed by atoms with E-state index in [0.717, 1.165) is 24.9 Å². The van der Waals surface area contributed by atoms with Crippen molar-refractivity contribution >= 4 is 0 Å². The van der Waals surface area contributed by atoms with Gasteiger partial charge in [-0.15, -0.1) is 5.10 Å². The van der Waals surface area contributed by atoms with E-state index in [9.17, 15) is 5.11 Å². The second-order valence-corrected chi connectivity index (χ2v) is 9.02. The molecule has 2 aromatic heterocycles. The molecule has 0 saturated carbocycles. The zero-order valence-corrected chi connectivity index (χ0v) is 17.5. The summed E-state index contributed by atoms with van der Waals surface area (Å²) >= 11 is 0. The molecule has 1 aromatic carbocycles. The number of hydrogen-bond acceptors (Lipinski definition) is 7. The minimum atomic E-state index is -1.16. The largest absolute Gasteiger partial charge is 0.507 e. The van der Waals surface area contributed by atoms with Gasteiger partial charge < -0.3 is 19.7 Å². The van der Waals surface area contributed by atoms with Crippen LogP contribution in [0.4, 0.5) is 4.39 Å². The number of benzene rings is 1. The standard InChI is InChI=1S/C22H25FN6O2/c1-21-6-3-7-22(2,28-21)19(23)18(11-21)31-20-25-12-16(26-27-20)15-5-4-14(10-17(15)30)29-9-8-24-13-29/h4-5,8-10,12-13,18-19,28,30H,3,6-7,11H2,1-2H3/t18-,19+,21-,22+/m1/s1. The Hall–Kier alpha value is -3.07. The molecule has 0 aliphatic carbocycles. The molecule has 0 amide bonds. The number of nitrogens with zero attached hydrogens (tertiary/aromatic N) is 5. The zero-order chi connectivity index (χ0) is 21.6. The summed E-state index contributed by atoms with van der Waals surface area (Å²) in [6.07, 6.45) is 8.10. The number of halogens is 1. The van der Waals surface area contributed by atoms with Crippen LogP contribution in [0.5, 0.6) is 11.8 Å². The van der Waals surface area contributed by atoms with Crippen molar-refractivity contribution in [1.29, 1.82) is 0 Å². The Kier molecular flexibility index (Phi) is 4.65. The van der Waals surface area contributed by atoms with Crippen molar-refractivity contribution in [2.24, 2.45) is 0 Å². The van der Waals surface area contributed by atoms with Crippen LogP contribution in [0.25, 0.3) is 16.9 Å². The van der Waals surface area contributed by atoms with Crippen LogP contribution in [0.3, 0.4) is 0 Å². The summed E-state index contributed by atoms with van der Waals surface area (Å²) < 4.78 is 22.8. The van der Waals surface area contributed by atoms with Gasteiger partial charge in [0.2, 0.25) is 0 Å². The second-order valence-electron chi connectivity index (χ2n) is 9.02. The van der Waals surface area contributed by atoms with Gasteiger partial charge in [0, 0.05) is 36.0 Å². The normalized spacial score (nSPS) is 30.2. The molecule has 2 aliphatic heterocycles. The topological polar surface area (TPSA) is 98.0 Å². The van der Waals surface area contributed by atoms with Gasteiger partial charge in [-0.1, -0.05) is 5.10 Å². The first-order valence-electron chi connectivity index (χ1n) is 10.5. The average molecular weight is 424 g/mol. The van der Waals surface area contributed by atoms with Gasteiger partial charge in [0.15, 0.2) is 6.17 Å². The minimum absolute atomic E-state index is 0.0399. The molecular weight excluding hydrogens is 399 g/mol. The number of fused-ring (bicyclic) bond motifs is 2. The Morgan fingerprint density at radius 3 is 2.84 bits per heavy atom. The minimum Gasteiger partial charge on any atom is -0.507 e. The van der Waals surface area contributed by atoms with E-state index < -0.39 is 17.8 Å². The highest BCUT2D eigenvalue weighted by Gasteiger charge is 2.53. The predicted octanol–water partition coefficient (Wildman–Crippen LogP) is 3.21. The van der Waals surface area contributed by atoms with Crippen molar-refractivity contribution in [1.82, 2.24) is 30.0 Å². The fourth-order valence-electron chi connectivity index (χ4n) is 4.97. The predicted molar refractivity (Wildman–Crippen MR) is 112 cm³/mol. The van der Waals surface area contributed by atoms with E-state index in [2.05, 4.69) is 32.4 Å². The number of piperidine rings is 2. The van der Waals surface area contributed by atoms with Crippen molar-refractivity contribution in [2.75, 3.05) is 0 Å². The molecule has 8 nitrogen and oxygen atoms in total. The summed E-state index contributed by atoms with van der Waals surface area (Å²) in [5.41, 5.74) is 0.907. The lowest BCUT2D eigenvalue weighted by atomic mass is 9.69. The molecule has 2 fully saturated rings. The molecule has 31 heavy (non-hydrogen) atoms. The molecule has 3 aromatic rings. The number of nitrogens with one attached hydrogen (secondary N) is 1. The fraction of sp³-hybridized carbons (Fsp3) is 0.455. The smallest absolute Gasteiger partial charge is 0.336 e. The molecule has 5 rings (SSSR count). The number of phenols is 1. The number of phenolic OH excluding ortho intramolecular Hbond substituents is 1. The quantitative estimate of drug-likeness (QED) is 0.664. The lowest BCUT2D eigenvalue weighted by Gasteiger charge is -2.54. The lowest BCUT2D eigenvalue weighted by Crippen LogP contribution is -2.71. The van der Waals surface area contributed by atoms with Crippen molar-refractivity contribution in [3.8, 4) is 28.7 Å². The molecule has 2 N–H and O–H groups in total. The van der Waals surface area contributed by atoms with Crippen LogP contribution in [0, 0.1) is 0 Å². The number of imidazole rings is 1. The van der Waals surface area contributed by atoms with Gasteiger partial charge >= 0.3 is 6.01 Å². The van der Waals surface area contributed by atoms with Gasteiger partial charge in [0.25, 0.3) is 0 Å². The number of ether oxygens (including phenoxy) is 1. The molecule has 4 atom stereocenters. The SMILES string of the molecule is C[C@]12CCC[C@](C)(N1)[C@@H](F)[C@H](Oc1ncc(-c3ccc(-n4ccnc4)cc3O)nn1)C2. The highest BCUT2D eigenvalue weighted by atomic mass is 19.1. The van der Waals surface area contributed by atoms with Crippen LogP contribution < -0.4 is 10.1 Å². The maximum absolute atomic E-state index is 15.2. The summed E-state index contributed by atoms with van der Waals surface area (Å²) in [5.74, 6) is 0.0480. The van der Waals surface area contributed by atoms with E-state index in [4.69, 9.17) is 4.74 Å².